The van der Waals surface area contributed by atoms with Crippen LogP contribution in [0.3, 0.4) is 0 Å². The van der Waals surface area contributed by atoms with Crippen LogP contribution in [-0.2, 0) is 0 Å². The van der Waals surface area contributed by atoms with Gasteiger partial charge in [-0.25, -0.2) is 9.37 Å². The summed E-state index contributed by atoms with van der Waals surface area (Å²) in [6.07, 6.45) is 0. The normalized spacial score (nSPS) is 10.0. The second-order valence-electron chi connectivity index (χ2n) is 2.14. The number of nitrogens with zero attached hydrogens (tertiary/aromatic N) is 1. The van der Waals surface area contributed by atoms with E-state index in [1.54, 1.807) is 13.8 Å². The van der Waals surface area contributed by atoms with Crippen molar-refractivity contribution in [2.24, 2.45) is 0 Å². The Bertz CT molecular complexity index is 237. The summed E-state index contributed by atoms with van der Waals surface area (Å²) in [5.74, 6) is -0.209. The smallest absolute Gasteiger partial charge is 0.130 e. The molecule has 0 N–H and O–H groups in total. The van der Waals surface area contributed by atoms with E-state index < -0.39 is 0 Å². The van der Waals surface area contributed by atoms with Gasteiger partial charge in [0.2, 0.25) is 0 Å². The highest BCUT2D eigenvalue weighted by Gasteiger charge is 2.02. The summed E-state index contributed by atoms with van der Waals surface area (Å²) in [7, 11) is 0. The van der Waals surface area contributed by atoms with E-state index in [1.807, 2.05) is 0 Å². The molecule has 1 nitrogen and oxygen atoms in total. The summed E-state index contributed by atoms with van der Waals surface area (Å²) >= 11 is 3.10. The lowest BCUT2D eigenvalue weighted by atomic mass is 10.2. The van der Waals surface area contributed by atoms with Crippen molar-refractivity contribution in [3.8, 4) is 0 Å². The Morgan fingerprint density at radius 1 is 1.50 bits per heavy atom. The summed E-state index contributed by atoms with van der Waals surface area (Å²) in [4.78, 5) is 4.01. The van der Waals surface area contributed by atoms with Crippen LogP contribution < -0.4 is 0 Å². The van der Waals surface area contributed by atoms with E-state index in [-0.39, 0.29) is 5.82 Å². The van der Waals surface area contributed by atoms with Crippen LogP contribution in [0.15, 0.2) is 10.7 Å². The summed E-state index contributed by atoms with van der Waals surface area (Å²) < 4.78 is 13.3. The Labute approximate surface area is 67.4 Å². The van der Waals surface area contributed by atoms with Crippen molar-refractivity contribution in [2.75, 3.05) is 0 Å². The van der Waals surface area contributed by atoms with Crippen molar-refractivity contribution < 1.29 is 4.39 Å². The SMILES string of the molecule is Cc1nc(Br)cc(F)c1C. The Morgan fingerprint density at radius 2 is 2.10 bits per heavy atom. The minimum atomic E-state index is -0.209. The molecule has 0 aliphatic rings. The molecule has 54 valence electrons. The van der Waals surface area contributed by atoms with Gasteiger partial charge >= 0.3 is 0 Å². The van der Waals surface area contributed by atoms with Gasteiger partial charge < -0.3 is 0 Å². The lowest BCUT2D eigenvalue weighted by Gasteiger charge is -1.99. The number of aromatic nitrogens is 1. The predicted octanol–water partition coefficient (Wildman–Crippen LogP) is 2.60. The quantitative estimate of drug-likeness (QED) is 0.592. The molecule has 0 saturated carbocycles. The second kappa shape index (κ2) is 2.66. The molecular formula is C7H7BrFN. The van der Waals surface area contributed by atoms with E-state index in [4.69, 9.17) is 0 Å². The van der Waals surface area contributed by atoms with Crippen LogP contribution in [0.2, 0.25) is 0 Å². The minimum Gasteiger partial charge on any atom is -0.246 e. The monoisotopic (exact) mass is 203 g/mol. The number of aryl methyl sites for hydroxylation is 1. The fourth-order valence-electron chi connectivity index (χ4n) is 0.662. The maximum Gasteiger partial charge on any atom is 0.130 e. The van der Waals surface area contributed by atoms with Gasteiger partial charge in [-0.3, -0.25) is 0 Å². The largest absolute Gasteiger partial charge is 0.246 e. The third-order valence-electron chi connectivity index (χ3n) is 1.42. The number of hydrogen-bond acceptors (Lipinski definition) is 1. The molecule has 0 atom stereocenters. The standard InChI is InChI=1S/C7H7BrFN/c1-4-5(2)10-7(8)3-6(4)9/h3H,1-2H3. The maximum absolute atomic E-state index is 12.8. The zero-order valence-corrected chi connectivity index (χ0v) is 7.37. The molecule has 1 rings (SSSR count). The Kier molecular flexibility index (Phi) is 2.04. The highest BCUT2D eigenvalue weighted by molar-refractivity contribution is 9.10. The van der Waals surface area contributed by atoms with E-state index >= 15 is 0 Å². The van der Waals surface area contributed by atoms with E-state index in [0.29, 0.717) is 10.2 Å². The second-order valence-corrected chi connectivity index (χ2v) is 2.95. The molecule has 1 aromatic heterocycles. The molecule has 0 amide bonds. The highest BCUT2D eigenvalue weighted by Crippen LogP contribution is 2.14. The first-order valence-electron chi connectivity index (χ1n) is 2.90. The van der Waals surface area contributed by atoms with Gasteiger partial charge in [0.05, 0.1) is 0 Å². The molecule has 1 aromatic rings. The van der Waals surface area contributed by atoms with E-state index in [0.717, 1.165) is 5.69 Å². The van der Waals surface area contributed by atoms with Crippen LogP contribution >= 0.6 is 15.9 Å². The van der Waals surface area contributed by atoms with Crippen LogP contribution in [0.1, 0.15) is 11.3 Å². The van der Waals surface area contributed by atoms with Crippen molar-refractivity contribution in [2.45, 2.75) is 13.8 Å². The van der Waals surface area contributed by atoms with Gasteiger partial charge in [0.1, 0.15) is 10.4 Å². The zero-order chi connectivity index (χ0) is 7.72. The van der Waals surface area contributed by atoms with Gasteiger partial charge in [0.15, 0.2) is 0 Å². The molecule has 0 saturated heterocycles. The van der Waals surface area contributed by atoms with Crippen molar-refractivity contribution >= 4 is 15.9 Å². The Hall–Kier alpha value is -0.440. The topological polar surface area (TPSA) is 12.9 Å². The van der Waals surface area contributed by atoms with Gasteiger partial charge in [0.25, 0.3) is 0 Å². The average molecular weight is 204 g/mol. The third-order valence-corrected chi connectivity index (χ3v) is 1.83. The Balaban J connectivity index is 3.31. The van der Waals surface area contributed by atoms with Crippen LogP contribution in [0.25, 0.3) is 0 Å². The van der Waals surface area contributed by atoms with Crippen molar-refractivity contribution in [3.63, 3.8) is 0 Å². The first-order chi connectivity index (χ1) is 4.61. The molecule has 0 unspecified atom stereocenters. The molecule has 0 fully saturated rings. The van der Waals surface area contributed by atoms with Crippen molar-refractivity contribution in [3.05, 3.63) is 27.7 Å². The van der Waals surface area contributed by atoms with E-state index in [2.05, 4.69) is 20.9 Å². The van der Waals surface area contributed by atoms with E-state index in [9.17, 15) is 4.39 Å². The first-order valence-corrected chi connectivity index (χ1v) is 3.70. The van der Waals surface area contributed by atoms with Gasteiger partial charge in [-0.2, -0.15) is 0 Å². The molecule has 0 aliphatic carbocycles. The molecule has 0 radical (unpaired) electrons. The predicted molar refractivity (Wildman–Crippen MR) is 41.4 cm³/mol. The van der Waals surface area contributed by atoms with Gasteiger partial charge in [-0.15, -0.1) is 0 Å². The summed E-state index contributed by atoms with van der Waals surface area (Å²) in [5.41, 5.74) is 1.34. The molecule has 1 heterocycles. The minimum absolute atomic E-state index is 0.209. The summed E-state index contributed by atoms with van der Waals surface area (Å²) in [6.45, 7) is 3.49. The van der Waals surface area contributed by atoms with Crippen LogP contribution in [0.5, 0.6) is 0 Å². The van der Waals surface area contributed by atoms with E-state index in [1.165, 1.54) is 6.07 Å². The van der Waals surface area contributed by atoms with Crippen molar-refractivity contribution in [1.82, 2.24) is 4.98 Å². The van der Waals surface area contributed by atoms with Crippen LogP contribution in [-0.4, -0.2) is 4.98 Å². The number of rotatable bonds is 0. The molecular weight excluding hydrogens is 197 g/mol. The number of hydrogen-bond donors (Lipinski definition) is 0. The molecule has 0 aliphatic heterocycles. The Morgan fingerprint density at radius 3 is 2.60 bits per heavy atom. The fourth-order valence-corrected chi connectivity index (χ4v) is 1.13. The molecule has 10 heavy (non-hydrogen) atoms. The van der Waals surface area contributed by atoms with Gasteiger partial charge in [0, 0.05) is 17.3 Å². The van der Waals surface area contributed by atoms with Crippen molar-refractivity contribution in [1.29, 1.82) is 0 Å². The summed E-state index contributed by atoms with van der Waals surface area (Å²) in [6, 6.07) is 1.36. The number of pyridine rings is 1. The fraction of sp³-hybridized carbons (Fsp3) is 0.286. The average Bonchev–Trinajstić information content (AvgIpc) is 1.82. The zero-order valence-electron chi connectivity index (χ0n) is 5.78. The lowest BCUT2D eigenvalue weighted by Crippen LogP contribution is -1.91. The van der Waals surface area contributed by atoms with Gasteiger partial charge in [-0.1, -0.05) is 0 Å². The maximum atomic E-state index is 12.8. The van der Waals surface area contributed by atoms with Crippen LogP contribution in [0.4, 0.5) is 4.39 Å². The summed E-state index contributed by atoms with van der Waals surface area (Å²) in [5, 5.41) is 0. The van der Waals surface area contributed by atoms with Crippen LogP contribution in [0, 0.1) is 19.7 Å². The molecule has 0 aromatic carbocycles. The highest BCUT2D eigenvalue weighted by atomic mass is 79.9. The third kappa shape index (κ3) is 1.34. The van der Waals surface area contributed by atoms with Gasteiger partial charge in [-0.05, 0) is 29.8 Å². The molecule has 3 heteroatoms. The lowest BCUT2D eigenvalue weighted by molar-refractivity contribution is 0.612. The number of halogens is 2. The molecule has 0 bridgehead atoms. The molecule has 0 spiro atoms. The first kappa shape index (κ1) is 7.66.